The Bertz CT molecular complexity index is 321. The molecule has 3 nitrogen and oxygen atoms in total. The van der Waals surface area contributed by atoms with Crippen LogP contribution in [0.25, 0.3) is 0 Å². The number of phenols is 1. The number of hydrogen-bond acceptors (Lipinski definition) is 3. The molecule has 0 bridgehead atoms. The highest BCUT2D eigenvalue weighted by atomic mass is 16.3. The fourth-order valence-corrected chi connectivity index (χ4v) is 1.47. The second-order valence-corrected chi connectivity index (χ2v) is 3.81. The van der Waals surface area contributed by atoms with Crippen molar-refractivity contribution in [1.29, 1.82) is 0 Å². The zero-order valence-corrected chi connectivity index (χ0v) is 9.04. The van der Waals surface area contributed by atoms with Crippen LogP contribution in [0, 0.1) is 6.92 Å². The van der Waals surface area contributed by atoms with Crippen LogP contribution in [0.15, 0.2) is 12.1 Å². The third-order valence-corrected chi connectivity index (χ3v) is 2.29. The van der Waals surface area contributed by atoms with Gasteiger partial charge in [-0.3, -0.25) is 0 Å². The van der Waals surface area contributed by atoms with E-state index in [9.17, 15) is 5.11 Å². The minimum atomic E-state index is 0.348. The van der Waals surface area contributed by atoms with Gasteiger partial charge in [0, 0.05) is 24.2 Å². The monoisotopic (exact) mass is 194 g/mol. The van der Waals surface area contributed by atoms with Gasteiger partial charge in [-0.05, 0) is 26.6 Å². The van der Waals surface area contributed by atoms with Gasteiger partial charge in [-0.2, -0.15) is 0 Å². The van der Waals surface area contributed by atoms with Crippen molar-refractivity contribution in [3.63, 3.8) is 0 Å². The molecule has 0 radical (unpaired) electrons. The molecular formula is C11H18N2O. The third-order valence-electron chi connectivity index (χ3n) is 2.29. The van der Waals surface area contributed by atoms with Crippen molar-refractivity contribution in [1.82, 2.24) is 4.90 Å². The summed E-state index contributed by atoms with van der Waals surface area (Å²) < 4.78 is 0. The lowest BCUT2D eigenvalue weighted by molar-refractivity contribution is 0.383. The van der Waals surface area contributed by atoms with Gasteiger partial charge in [0.2, 0.25) is 0 Å². The first-order valence-electron chi connectivity index (χ1n) is 4.71. The van der Waals surface area contributed by atoms with Gasteiger partial charge in [0.15, 0.2) is 0 Å². The Kier molecular flexibility index (Phi) is 3.49. The maximum Gasteiger partial charge on any atom is 0.124 e. The minimum Gasteiger partial charge on any atom is -0.507 e. The summed E-state index contributed by atoms with van der Waals surface area (Å²) in [6.07, 6.45) is 0. The van der Waals surface area contributed by atoms with Gasteiger partial charge in [0.25, 0.3) is 0 Å². The average Bonchev–Trinajstić information content (AvgIpc) is 2.12. The smallest absolute Gasteiger partial charge is 0.124 e. The number of nitrogens with zero attached hydrogens (tertiary/aromatic N) is 1. The van der Waals surface area contributed by atoms with E-state index >= 15 is 0 Å². The van der Waals surface area contributed by atoms with Crippen LogP contribution in [0.1, 0.15) is 16.7 Å². The molecule has 0 aromatic heterocycles. The van der Waals surface area contributed by atoms with Gasteiger partial charge in [-0.15, -0.1) is 0 Å². The highest BCUT2D eigenvalue weighted by molar-refractivity contribution is 5.44. The molecule has 0 saturated heterocycles. The summed E-state index contributed by atoms with van der Waals surface area (Å²) in [5.41, 5.74) is 8.41. The van der Waals surface area contributed by atoms with Crippen LogP contribution >= 0.6 is 0 Å². The predicted molar refractivity (Wildman–Crippen MR) is 58.1 cm³/mol. The molecule has 14 heavy (non-hydrogen) atoms. The van der Waals surface area contributed by atoms with Gasteiger partial charge >= 0.3 is 0 Å². The van der Waals surface area contributed by atoms with Crippen LogP contribution in [-0.4, -0.2) is 24.1 Å². The molecule has 0 unspecified atom stereocenters. The van der Waals surface area contributed by atoms with Crippen molar-refractivity contribution in [2.75, 3.05) is 14.1 Å². The molecule has 0 fully saturated rings. The summed E-state index contributed by atoms with van der Waals surface area (Å²) in [7, 11) is 3.96. The molecule has 1 rings (SSSR count). The van der Waals surface area contributed by atoms with Crippen molar-refractivity contribution < 1.29 is 5.11 Å². The van der Waals surface area contributed by atoms with E-state index in [0.717, 1.165) is 23.2 Å². The number of rotatable bonds is 3. The van der Waals surface area contributed by atoms with Crippen LogP contribution in [-0.2, 0) is 13.1 Å². The topological polar surface area (TPSA) is 49.5 Å². The Morgan fingerprint density at radius 2 is 2.00 bits per heavy atom. The maximum absolute atomic E-state index is 9.91. The minimum absolute atomic E-state index is 0.348. The number of phenolic OH excluding ortho intramolecular Hbond substituents is 1. The normalized spacial score (nSPS) is 10.9. The molecule has 0 saturated carbocycles. The average molecular weight is 194 g/mol. The van der Waals surface area contributed by atoms with E-state index < -0.39 is 0 Å². The lowest BCUT2D eigenvalue weighted by atomic mass is 10.0. The Morgan fingerprint density at radius 3 is 2.50 bits per heavy atom. The van der Waals surface area contributed by atoms with E-state index in [2.05, 4.69) is 0 Å². The van der Waals surface area contributed by atoms with Crippen molar-refractivity contribution in [3.8, 4) is 5.75 Å². The Hall–Kier alpha value is -1.06. The lowest BCUT2D eigenvalue weighted by Gasteiger charge is -2.15. The van der Waals surface area contributed by atoms with Gasteiger partial charge in [0.1, 0.15) is 5.75 Å². The van der Waals surface area contributed by atoms with Gasteiger partial charge in [0.05, 0.1) is 0 Å². The molecule has 0 heterocycles. The van der Waals surface area contributed by atoms with E-state index in [1.807, 2.05) is 38.1 Å². The molecule has 3 heteroatoms. The van der Waals surface area contributed by atoms with Crippen molar-refractivity contribution in [2.24, 2.45) is 5.73 Å². The van der Waals surface area contributed by atoms with Crippen LogP contribution < -0.4 is 5.73 Å². The predicted octanol–water partition coefficient (Wildman–Crippen LogP) is 1.22. The summed E-state index contributed by atoms with van der Waals surface area (Å²) in [6.45, 7) is 3.12. The van der Waals surface area contributed by atoms with E-state index in [1.54, 1.807) is 0 Å². The van der Waals surface area contributed by atoms with Crippen LogP contribution in [0.4, 0.5) is 0 Å². The standard InChI is InChI=1S/C11H18N2O/c1-8-4-5-9(6-12)11(14)10(8)7-13(2)3/h4-5,14H,6-7,12H2,1-3H3. The van der Waals surface area contributed by atoms with Crippen molar-refractivity contribution in [2.45, 2.75) is 20.0 Å². The van der Waals surface area contributed by atoms with Crippen molar-refractivity contribution >= 4 is 0 Å². The zero-order chi connectivity index (χ0) is 10.7. The molecule has 0 spiro atoms. The molecule has 1 aromatic rings. The fourth-order valence-electron chi connectivity index (χ4n) is 1.47. The molecule has 1 aromatic carbocycles. The van der Waals surface area contributed by atoms with Crippen molar-refractivity contribution in [3.05, 3.63) is 28.8 Å². The molecule has 0 amide bonds. The van der Waals surface area contributed by atoms with E-state index in [1.165, 1.54) is 0 Å². The highest BCUT2D eigenvalue weighted by Crippen LogP contribution is 2.26. The third kappa shape index (κ3) is 2.25. The number of hydrogen-bond donors (Lipinski definition) is 2. The summed E-state index contributed by atoms with van der Waals surface area (Å²) in [6, 6.07) is 3.88. The molecule has 0 aliphatic heterocycles. The largest absolute Gasteiger partial charge is 0.507 e. The first kappa shape index (κ1) is 11.0. The van der Waals surface area contributed by atoms with Gasteiger partial charge < -0.3 is 15.7 Å². The SMILES string of the molecule is Cc1ccc(CN)c(O)c1CN(C)C. The van der Waals surface area contributed by atoms with Crippen LogP contribution in [0.2, 0.25) is 0 Å². The van der Waals surface area contributed by atoms with E-state index in [4.69, 9.17) is 5.73 Å². The Morgan fingerprint density at radius 1 is 1.36 bits per heavy atom. The Labute approximate surface area is 85.2 Å². The molecule has 0 aliphatic rings. The second kappa shape index (κ2) is 4.44. The molecular weight excluding hydrogens is 176 g/mol. The summed E-state index contributed by atoms with van der Waals surface area (Å²) in [5, 5.41) is 9.91. The maximum atomic E-state index is 9.91. The number of aryl methyl sites for hydroxylation is 1. The number of aromatic hydroxyl groups is 1. The lowest BCUT2D eigenvalue weighted by Crippen LogP contribution is -2.12. The first-order chi connectivity index (χ1) is 6.56. The highest BCUT2D eigenvalue weighted by Gasteiger charge is 2.09. The number of benzene rings is 1. The molecule has 0 atom stereocenters. The fraction of sp³-hybridized carbons (Fsp3) is 0.455. The zero-order valence-electron chi connectivity index (χ0n) is 9.04. The second-order valence-electron chi connectivity index (χ2n) is 3.81. The van der Waals surface area contributed by atoms with Crippen LogP contribution in [0.5, 0.6) is 5.75 Å². The summed E-state index contributed by atoms with van der Waals surface area (Å²) in [5.74, 6) is 0.348. The molecule has 3 N–H and O–H groups in total. The number of nitrogens with two attached hydrogens (primary N) is 1. The molecule has 0 aliphatic carbocycles. The molecule has 78 valence electrons. The first-order valence-corrected chi connectivity index (χ1v) is 4.71. The van der Waals surface area contributed by atoms with E-state index in [-0.39, 0.29) is 0 Å². The summed E-state index contributed by atoms with van der Waals surface area (Å²) in [4.78, 5) is 2.03. The van der Waals surface area contributed by atoms with Gasteiger partial charge in [-0.1, -0.05) is 12.1 Å². The summed E-state index contributed by atoms with van der Waals surface area (Å²) >= 11 is 0. The van der Waals surface area contributed by atoms with Gasteiger partial charge in [-0.25, -0.2) is 0 Å². The van der Waals surface area contributed by atoms with Crippen LogP contribution in [0.3, 0.4) is 0 Å². The Balaban J connectivity index is 3.11. The van der Waals surface area contributed by atoms with E-state index in [0.29, 0.717) is 12.3 Å². The quantitative estimate of drug-likeness (QED) is 0.760.